The number of hydrogen-bond donors (Lipinski definition) is 3. The van der Waals surface area contributed by atoms with Gasteiger partial charge in [-0.2, -0.15) is 0 Å². The van der Waals surface area contributed by atoms with Gasteiger partial charge in [-0.15, -0.1) is 0 Å². The van der Waals surface area contributed by atoms with E-state index in [0.717, 1.165) is 17.0 Å². The van der Waals surface area contributed by atoms with Crippen molar-refractivity contribution in [2.24, 2.45) is 0 Å². The Morgan fingerprint density at radius 1 is 1.10 bits per heavy atom. The summed E-state index contributed by atoms with van der Waals surface area (Å²) in [5.41, 5.74) is 3.40. The second-order valence-corrected chi connectivity index (χ2v) is 9.01. The molecule has 10 nitrogen and oxygen atoms in total. The monoisotopic (exact) mass is 441 g/mol. The van der Waals surface area contributed by atoms with Gasteiger partial charge < -0.3 is 10.6 Å². The smallest absolute Gasteiger partial charge is 0.240 e. The molecule has 3 heterocycles. The van der Waals surface area contributed by atoms with Crippen LogP contribution in [0.25, 0.3) is 5.82 Å². The summed E-state index contributed by atoms with van der Waals surface area (Å²) in [6.07, 6.45) is 4.03. The van der Waals surface area contributed by atoms with Gasteiger partial charge in [-0.05, 0) is 44.0 Å². The quantitative estimate of drug-likeness (QED) is 0.474. The van der Waals surface area contributed by atoms with E-state index < -0.39 is 10.0 Å². The molecule has 11 heteroatoms. The van der Waals surface area contributed by atoms with Crippen molar-refractivity contribution in [3.05, 3.63) is 53.9 Å². The molecule has 0 aliphatic carbocycles. The topological polar surface area (TPSA) is 131 Å². The van der Waals surface area contributed by atoms with Crippen LogP contribution < -0.4 is 15.4 Å². The van der Waals surface area contributed by atoms with Crippen molar-refractivity contribution in [3.8, 4) is 5.82 Å². The standard InChI is InChI=1S/C20H23N7O3S/c1-13-14(2)27(12-24-13)19-10-18(22-11-23-19)21-7-8-25-31(29,30)16-4-5-17-15(9-16)3-6-20(28)26-17/h4-5,9-12,25H,3,6-8H2,1-2H3,(H,26,28)(H,21,22,23). The molecule has 4 rings (SSSR count). The zero-order chi connectivity index (χ0) is 22.0. The molecule has 0 spiro atoms. The molecular formula is C20H23N7O3S. The van der Waals surface area contributed by atoms with Crippen molar-refractivity contribution in [2.45, 2.75) is 31.6 Å². The number of nitrogens with zero attached hydrogens (tertiary/aromatic N) is 4. The Kier molecular flexibility index (Phi) is 5.70. The number of sulfonamides is 1. The van der Waals surface area contributed by atoms with E-state index in [-0.39, 0.29) is 17.3 Å². The fourth-order valence-corrected chi connectivity index (χ4v) is 4.37. The highest BCUT2D eigenvalue weighted by Crippen LogP contribution is 2.25. The summed E-state index contributed by atoms with van der Waals surface area (Å²) in [4.78, 5) is 24.3. The average Bonchev–Trinajstić information content (AvgIpc) is 3.09. The molecule has 0 unspecified atom stereocenters. The van der Waals surface area contributed by atoms with Crippen molar-refractivity contribution in [2.75, 3.05) is 23.7 Å². The predicted molar refractivity (Wildman–Crippen MR) is 116 cm³/mol. The Morgan fingerprint density at radius 2 is 1.94 bits per heavy atom. The molecular weight excluding hydrogens is 418 g/mol. The van der Waals surface area contributed by atoms with E-state index in [0.29, 0.717) is 36.7 Å². The van der Waals surface area contributed by atoms with Gasteiger partial charge in [-0.25, -0.2) is 28.1 Å². The van der Waals surface area contributed by atoms with E-state index in [1.165, 1.54) is 12.4 Å². The van der Waals surface area contributed by atoms with Crippen LogP contribution in [0, 0.1) is 13.8 Å². The first kappa shape index (κ1) is 20.9. The number of aromatic nitrogens is 4. The zero-order valence-corrected chi connectivity index (χ0v) is 18.0. The molecule has 1 amide bonds. The summed E-state index contributed by atoms with van der Waals surface area (Å²) in [5.74, 6) is 1.20. The highest BCUT2D eigenvalue weighted by atomic mass is 32.2. The number of aryl methyl sites for hydroxylation is 2. The molecule has 31 heavy (non-hydrogen) atoms. The minimum atomic E-state index is -3.66. The van der Waals surface area contributed by atoms with Crippen LogP contribution in [0.1, 0.15) is 23.4 Å². The molecule has 1 aliphatic heterocycles. The van der Waals surface area contributed by atoms with Crippen LogP contribution in [0.15, 0.2) is 41.8 Å². The zero-order valence-electron chi connectivity index (χ0n) is 17.2. The van der Waals surface area contributed by atoms with Crippen LogP contribution in [0.5, 0.6) is 0 Å². The van der Waals surface area contributed by atoms with Crippen molar-refractivity contribution < 1.29 is 13.2 Å². The van der Waals surface area contributed by atoms with Gasteiger partial charge in [-0.1, -0.05) is 0 Å². The molecule has 1 aliphatic rings. The molecule has 0 radical (unpaired) electrons. The molecule has 0 saturated carbocycles. The van der Waals surface area contributed by atoms with E-state index in [9.17, 15) is 13.2 Å². The van der Waals surface area contributed by atoms with Crippen LogP contribution in [-0.4, -0.2) is 46.9 Å². The lowest BCUT2D eigenvalue weighted by molar-refractivity contribution is -0.116. The average molecular weight is 442 g/mol. The van der Waals surface area contributed by atoms with Crippen LogP contribution >= 0.6 is 0 Å². The number of imidazole rings is 1. The molecule has 3 N–H and O–H groups in total. The van der Waals surface area contributed by atoms with Crippen LogP contribution in [0.3, 0.4) is 0 Å². The minimum absolute atomic E-state index is 0.0569. The lowest BCUT2D eigenvalue weighted by Crippen LogP contribution is -2.29. The largest absolute Gasteiger partial charge is 0.369 e. The third-order valence-electron chi connectivity index (χ3n) is 5.16. The Balaban J connectivity index is 1.36. The molecule has 1 aromatic carbocycles. The molecule has 2 aromatic heterocycles. The predicted octanol–water partition coefficient (Wildman–Crippen LogP) is 1.55. The maximum atomic E-state index is 12.6. The van der Waals surface area contributed by atoms with Gasteiger partial charge >= 0.3 is 0 Å². The molecule has 162 valence electrons. The summed E-state index contributed by atoms with van der Waals surface area (Å²) in [7, 11) is -3.66. The van der Waals surface area contributed by atoms with Gasteiger partial charge in [0, 0.05) is 37.0 Å². The molecule has 0 saturated heterocycles. The Bertz CT molecular complexity index is 1240. The van der Waals surface area contributed by atoms with Crippen LogP contribution in [0.4, 0.5) is 11.5 Å². The van der Waals surface area contributed by atoms with Gasteiger partial charge in [0.25, 0.3) is 0 Å². The Morgan fingerprint density at radius 3 is 2.71 bits per heavy atom. The SMILES string of the molecule is Cc1ncn(-c2cc(NCCNS(=O)(=O)c3ccc4c(c3)CCC(=O)N4)ncn2)c1C. The third-order valence-corrected chi connectivity index (χ3v) is 6.62. The number of hydrogen-bond acceptors (Lipinski definition) is 7. The summed E-state index contributed by atoms with van der Waals surface area (Å²) >= 11 is 0. The van der Waals surface area contributed by atoms with Crippen molar-refractivity contribution in [3.63, 3.8) is 0 Å². The van der Waals surface area contributed by atoms with E-state index in [1.54, 1.807) is 24.5 Å². The van der Waals surface area contributed by atoms with E-state index >= 15 is 0 Å². The number of nitrogens with one attached hydrogen (secondary N) is 3. The number of rotatable bonds is 7. The Labute approximate surface area is 180 Å². The first-order valence-electron chi connectivity index (χ1n) is 9.83. The summed E-state index contributed by atoms with van der Waals surface area (Å²) in [6.45, 7) is 4.41. The first-order valence-corrected chi connectivity index (χ1v) is 11.3. The lowest BCUT2D eigenvalue weighted by atomic mass is 10.0. The van der Waals surface area contributed by atoms with Crippen molar-refractivity contribution in [1.29, 1.82) is 0 Å². The molecule has 0 bridgehead atoms. The normalized spacial score (nSPS) is 13.5. The second kappa shape index (κ2) is 8.44. The van der Waals surface area contributed by atoms with Gasteiger partial charge in [0.1, 0.15) is 24.3 Å². The molecule has 3 aromatic rings. The number of fused-ring (bicyclic) bond motifs is 1. The fourth-order valence-electron chi connectivity index (χ4n) is 3.29. The van der Waals surface area contributed by atoms with E-state index in [1.807, 2.05) is 18.4 Å². The minimum Gasteiger partial charge on any atom is -0.369 e. The number of benzene rings is 1. The maximum Gasteiger partial charge on any atom is 0.240 e. The molecule has 0 fully saturated rings. The molecule has 0 atom stereocenters. The summed E-state index contributed by atoms with van der Waals surface area (Å²) in [6, 6.07) is 6.50. The Hall–Kier alpha value is -3.31. The highest BCUT2D eigenvalue weighted by Gasteiger charge is 2.19. The van der Waals surface area contributed by atoms with Gasteiger partial charge in [0.05, 0.1) is 10.6 Å². The van der Waals surface area contributed by atoms with Crippen LogP contribution in [0.2, 0.25) is 0 Å². The number of anilines is 2. The van der Waals surface area contributed by atoms with Gasteiger partial charge in [0.15, 0.2) is 0 Å². The van der Waals surface area contributed by atoms with Crippen LogP contribution in [-0.2, 0) is 21.2 Å². The van der Waals surface area contributed by atoms with Crippen molar-refractivity contribution in [1.82, 2.24) is 24.2 Å². The maximum absolute atomic E-state index is 12.6. The first-order chi connectivity index (χ1) is 14.8. The van der Waals surface area contributed by atoms with E-state index in [2.05, 4.69) is 30.3 Å². The van der Waals surface area contributed by atoms with Gasteiger partial charge in [0.2, 0.25) is 15.9 Å². The number of amides is 1. The van der Waals surface area contributed by atoms with Gasteiger partial charge in [-0.3, -0.25) is 9.36 Å². The van der Waals surface area contributed by atoms with Crippen molar-refractivity contribution >= 4 is 27.4 Å². The number of carbonyl (C=O) groups is 1. The van der Waals surface area contributed by atoms with E-state index in [4.69, 9.17) is 0 Å². The summed E-state index contributed by atoms with van der Waals surface area (Å²) < 4.78 is 29.7. The highest BCUT2D eigenvalue weighted by molar-refractivity contribution is 7.89. The third kappa shape index (κ3) is 4.57. The summed E-state index contributed by atoms with van der Waals surface area (Å²) in [5, 5.41) is 5.85. The lowest BCUT2D eigenvalue weighted by Gasteiger charge is -2.17. The fraction of sp³-hybridized carbons (Fsp3) is 0.300. The number of carbonyl (C=O) groups excluding carboxylic acids is 1. The second-order valence-electron chi connectivity index (χ2n) is 7.24.